The van der Waals surface area contributed by atoms with Gasteiger partial charge in [-0.15, -0.1) is 0 Å². The highest BCUT2D eigenvalue weighted by Gasteiger charge is 2.28. The first-order valence-electron chi connectivity index (χ1n) is 4.20. The second kappa shape index (κ2) is 3.37. The van der Waals surface area contributed by atoms with Crippen LogP contribution in [0.4, 0.5) is 0 Å². The van der Waals surface area contributed by atoms with E-state index in [9.17, 15) is 0 Å². The SMILES string of the molecule is C=C(C)CN(C)C1CC(N)C1. The summed E-state index contributed by atoms with van der Waals surface area (Å²) in [5.74, 6) is 0. The summed E-state index contributed by atoms with van der Waals surface area (Å²) in [6.45, 7) is 6.96. The second-order valence-electron chi connectivity index (χ2n) is 3.76. The van der Waals surface area contributed by atoms with Gasteiger partial charge in [0, 0.05) is 18.6 Å². The summed E-state index contributed by atoms with van der Waals surface area (Å²) < 4.78 is 0. The third-order valence-corrected chi connectivity index (χ3v) is 2.29. The average molecular weight is 154 g/mol. The zero-order valence-corrected chi connectivity index (χ0v) is 7.51. The predicted molar refractivity (Wildman–Crippen MR) is 48.4 cm³/mol. The zero-order valence-electron chi connectivity index (χ0n) is 7.51. The molecule has 1 fully saturated rings. The highest BCUT2D eigenvalue weighted by molar-refractivity contribution is 4.96. The zero-order chi connectivity index (χ0) is 8.43. The van der Waals surface area contributed by atoms with Crippen LogP contribution in [0.15, 0.2) is 12.2 Å². The van der Waals surface area contributed by atoms with Crippen LogP contribution in [0.5, 0.6) is 0 Å². The minimum Gasteiger partial charge on any atom is -0.328 e. The van der Waals surface area contributed by atoms with Gasteiger partial charge >= 0.3 is 0 Å². The summed E-state index contributed by atoms with van der Waals surface area (Å²) in [6.07, 6.45) is 2.31. The molecular formula is C9H18N2. The molecule has 0 radical (unpaired) electrons. The van der Waals surface area contributed by atoms with Gasteiger partial charge in [0.2, 0.25) is 0 Å². The summed E-state index contributed by atoms with van der Waals surface area (Å²) in [5.41, 5.74) is 6.92. The first-order chi connectivity index (χ1) is 5.09. The molecule has 1 aliphatic carbocycles. The van der Waals surface area contributed by atoms with E-state index in [2.05, 4.69) is 25.5 Å². The molecule has 0 heterocycles. The first-order valence-corrected chi connectivity index (χ1v) is 4.20. The maximum Gasteiger partial charge on any atom is 0.0187 e. The Kier molecular flexibility index (Phi) is 2.68. The Morgan fingerprint density at radius 1 is 1.64 bits per heavy atom. The number of likely N-dealkylation sites (N-methyl/N-ethyl adjacent to an activating group) is 1. The summed E-state index contributed by atoms with van der Waals surface area (Å²) in [6, 6.07) is 1.16. The molecule has 2 nitrogen and oxygen atoms in total. The van der Waals surface area contributed by atoms with Gasteiger partial charge in [-0.2, -0.15) is 0 Å². The van der Waals surface area contributed by atoms with Gasteiger partial charge in [0.15, 0.2) is 0 Å². The Bertz CT molecular complexity index is 148. The molecule has 0 bridgehead atoms. The third kappa shape index (κ3) is 2.31. The highest BCUT2D eigenvalue weighted by Crippen LogP contribution is 2.22. The minimum atomic E-state index is 0.451. The first kappa shape index (κ1) is 8.75. The topological polar surface area (TPSA) is 29.3 Å². The van der Waals surface area contributed by atoms with Crippen molar-refractivity contribution >= 4 is 0 Å². The van der Waals surface area contributed by atoms with E-state index in [1.807, 2.05) is 0 Å². The van der Waals surface area contributed by atoms with Gasteiger partial charge in [-0.3, -0.25) is 4.90 Å². The number of hydrogen-bond donors (Lipinski definition) is 1. The van der Waals surface area contributed by atoms with Crippen LogP contribution in [0.2, 0.25) is 0 Å². The predicted octanol–water partition coefficient (Wildman–Crippen LogP) is 0.984. The number of nitrogens with two attached hydrogens (primary N) is 1. The van der Waals surface area contributed by atoms with Crippen molar-refractivity contribution in [2.75, 3.05) is 13.6 Å². The van der Waals surface area contributed by atoms with Crippen LogP contribution in [0, 0.1) is 0 Å². The smallest absolute Gasteiger partial charge is 0.0187 e. The maximum atomic E-state index is 5.69. The molecule has 1 rings (SSSR count). The third-order valence-electron chi connectivity index (χ3n) is 2.29. The average Bonchev–Trinajstić information content (AvgIpc) is 1.79. The molecule has 0 spiro atoms. The van der Waals surface area contributed by atoms with Crippen molar-refractivity contribution in [3.05, 3.63) is 12.2 Å². The van der Waals surface area contributed by atoms with Crippen LogP contribution in [0.1, 0.15) is 19.8 Å². The molecule has 0 saturated heterocycles. The van der Waals surface area contributed by atoms with E-state index in [1.54, 1.807) is 0 Å². The molecule has 0 aromatic heterocycles. The molecular weight excluding hydrogens is 136 g/mol. The van der Waals surface area contributed by atoms with Crippen LogP contribution in [0.25, 0.3) is 0 Å². The molecule has 1 aliphatic rings. The molecule has 0 unspecified atom stereocenters. The number of rotatable bonds is 3. The van der Waals surface area contributed by atoms with Gasteiger partial charge in [-0.1, -0.05) is 12.2 Å². The molecule has 64 valence electrons. The highest BCUT2D eigenvalue weighted by atomic mass is 15.1. The van der Waals surface area contributed by atoms with E-state index in [0.717, 1.165) is 19.4 Å². The van der Waals surface area contributed by atoms with Crippen molar-refractivity contribution in [3.8, 4) is 0 Å². The summed E-state index contributed by atoms with van der Waals surface area (Å²) in [7, 11) is 2.14. The quantitative estimate of drug-likeness (QED) is 0.614. The summed E-state index contributed by atoms with van der Waals surface area (Å²) in [5, 5.41) is 0. The fraction of sp³-hybridized carbons (Fsp3) is 0.778. The fourth-order valence-corrected chi connectivity index (χ4v) is 1.54. The minimum absolute atomic E-state index is 0.451. The lowest BCUT2D eigenvalue weighted by atomic mass is 9.86. The van der Waals surface area contributed by atoms with Crippen LogP contribution in [-0.2, 0) is 0 Å². The molecule has 0 aromatic carbocycles. The van der Waals surface area contributed by atoms with Crippen LogP contribution in [0.3, 0.4) is 0 Å². The fourth-order valence-electron chi connectivity index (χ4n) is 1.54. The van der Waals surface area contributed by atoms with Gasteiger partial charge in [0.1, 0.15) is 0 Å². The molecule has 0 aliphatic heterocycles. The lowest BCUT2D eigenvalue weighted by molar-refractivity contribution is 0.150. The van der Waals surface area contributed by atoms with E-state index >= 15 is 0 Å². The lowest BCUT2D eigenvalue weighted by Gasteiger charge is -2.39. The Morgan fingerprint density at radius 2 is 2.18 bits per heavy atom. The van der Waals surface area contributed by atoms with Gasteiger partial charge in [-0.25, -0.2) is 0 Å². The Hall–Kier alpha value is -0.340. The summed E-state index contributed by atoms with van der Waals surface area (Å²) in [4.78, 5) is 2.34. The van der Waals surface area contributed by atoms with E-state index < -0.39 is 0 Å². The van der Waals surface area contributed by atoms with Crippen LogP contribution < -0.4 is 5.73 Å². The summed E-state index contributed by atoms with van der Waals surface area (Å²) >= 11 is 0. The van der Waals surface area contributed by atoms with Crippen molar-refractivity contribution in [2.24, 2.45) is 5.73 Å². The van der Waals surface area contributed by atoms with Crippen LogP contribution >= 0.6 is 0 Å². The molecule has 11 heavy (non-hydrogen) atoms. The lowest BCUT2D eigenvalue weighted by Crippen LogP contribution is -2.49. The maximum absolute atomic E-state index is 5.69. The Morgan fingerprint density at radius 3 is 2.55 bits per heavy atom. The van der Waals surface area contributed by atoms with Gasteiger partial charge < -0.3 is 5.73 Å². The number of hydrogen-bond acceptors (Lipinski definition) is 2. The van der Waals surface area contributed by atoms with E-state index in [0.29, 0.717) is 12.1 Å². The van der Waals surface area contributed by atoms with Crippen molar-refractivity contribution in [3.63, 3.8) is 0 Å². The Labute approximate surface area is 69.1 Å². The van der Waals surface area contributed by atoms with E-state index in [4.69, 9.17) is 5.73 Å². The van der Waals surface area contributed by atoms with Crippen molar-refractivity contribution in [1.82, 2.24) is 4.90 Å². The normalized spacial score (nSPS) is 30.2. The van der Waals surface area contributed by atoms with Gasteiger partial charge in [0.25, 0.3) is 0 Å². The largest absolute Gasteiger partial charge is 0.328 e. The van der Waals surface area contributed by atoms with Crippen LogP contribution in [-0.4, -0.2) is 30.6 Å². The van der Waals surface area contributed by atoms with E-state index in [-0.39, 0.29) is 0 Å². The second-order valence-corrected chi connectivity index (χ2v) is 3.76. The van der Waals surface area contributed by atoms with Gasteiger partial charge in [0.05, 0.1) is 0 Å². The molecule has 0 amide bonds. The molecule has 1 saturated carbocycles. The van der Waals surface area contributed by atoms with Gasteiger partial charge in [-0.05, 0) is 26.8 Å². The molecule has 2 heteroatoms. The monoisotopic (exact) mass is 154 g/mol. The molecule has 2 N–H and O–H groups in total. The Balaban J connectivity index is 2.21. The molecule has 0 aromatic rings. The standard InChI is InChI=1S/C9H18N2/c1-7(2)6-11(3)9-4-8(10)5-9/h8-9H,1,4-6,10H2,2-3H3. The molecule has 0 atom stereocenters. The number of nitrogens with zero attached hydrogens (tertiary/aromatic N) is 1. The van der Waals surface area contributed by atoms with Crippen molar-refractivity contribution < 1.29 is 0 Å². The van der Waals surface area contributed by atoms with Crippen molar-refractivity contribution in [2.45, 2.75) is 31.8 Å². The van der Waals surface area contributed by atoms with Crippen molar-refractivity contribution in [1.29, 1.82) is 0 Å². The van der Waals surface area contributed by atoms with E-state index in [1.165, 1.54) is 5.57 Å².